The first-order chi connectivity index (χ1) is 6.15. The van der Waals surface area contributed by atoms with E-state index < -0.39 is 40.7 Å². The van der Waals surface area contributed by atoms with E-state index in [9.17, 15) is 13.2 Å². The third-order valence-electron chi connectivity index (χ3n) is 1.35. The molecular formula is C8H6F3OZn. The summed E-state index contributed by atoms with van der Waals surface area (Å²) in [4.78, 5) is 0. The summed E-state index contributed by atoms with van der Waals surface area (Å²) in [6.45, 7) is 3.52. The van der Waals surface area contributed by atoms with Gasteiger partial charge in [-0.2, -0.15) is 0 Å². The van der Waals surface area contributed by atoms with Gasteiger partial charge in [0.15, 0.2) is 0 Å². The Kier molecular flexibility index (Phi) is 3.73. The van der Waals surface area contributed by atoms with Crippen LogP contribution in [-0.4, -0.2) is 0 Å². The van der Waals surface area contributed by atoms with Crippen LogP contribution in [0.3, 0.4) is 0 Å². The van der Waals surface area contributed by atoms with Crippen molar-refractivity contribution in [3.05, 3.63) is 36.5 Å². The van der Waals surface area contributed by atoms with Gasteiger partial charge in [-0.05, 0) is 0 Å². The molecule has 1 nitrogen and oxygen atoms in total. The summed E-state index contributed by atoms with van der Waals surface area (Å²) in [6.07, 6.45) is 0. The van der Waals surface area contributed by atoms with Crippen LogP contribution in [-0.2, 0) is 17.5 Å². The fraction of sp³-hybridized carbons (Fsp3) is 0.125. The zero-order valence-corrected chi connectivity index (χ0v) is 9.79. The molecule has 0 aliphatic rings. The Morgan fingerprint density at radius 3 is 2.23 bits per heavy atom. The van der Waals surface area contributed by atoms with Crippen LogP contribution in [0.15, 0.2) is 12.1 Å². The Labute approximate surface area is 81.9 Å². The van der Waals surface area contributed by atoms with Crippen LogP contribution in [0.25, 0.3) is 0 Å². The van der Waals surface area contributed by atoms with Crippen molar-refractivity contribution in [2.45, 2.75) is 5.02 Å². The Morgan fingerprint density at radius 2 is 1.77 bits per heavy atom. The fourth-order valence-electron chi connectivity index (χ4n) is 0.841. The Hall–Kier alpha value is -0.567. The van der Waals surface area contributed by atoms with E-state index in [2.05, 4.69) is 6.92 Å². The fourth-order valence-corrected chi connectivity index (χ4v) is 2.15. The van der Waals surface area contributed by atoms with Gasteiger partial charge in [0.1, 0.15) is 0 Å². The van der Waals surface area contributed by atoms with Gasteiger partial charge in [-0.1, -0.05) is 0 Å². The van der Waals surface area contributed by atoms with E-state index in [1.807, 2.05) is 0 Å². The summed E-state index contributed by atoms with van der Waals surface area (Å²) in [7, 11) is 0. The number of rotatable bonds is 3. The minimum absolute atomic E-state index is 0.468. The molecule has 0 spiro atoms. The molecule has 0 atom stereocenters. The van der Waals surface area contributed by atoms with Gasteiger partial charge in [-0.3, -0.25) is 0 Å². The van der Waals surface area contributed by atoms with Crippen LogP contribution in [0.5, 0.6) is 5.75 Å². The minimum atomic E-state index is -1.44. The van der Waals surface area contributed by atoms with E-state index in [0.717, 1.165) is 0 Å². The second-order valence-electron chi connectivity index (χ2n) is 2.40. The van der Waals surface area contributed by atoms with E-state index in [4.69, 9.17) is 3.56 Å². The number of hydrogen-bond acceptors (Lipinski definition) is 1. The topological polar surface area (TPSA) is 9.23 Å². The Bertz CT molecular complexity index is 280. The quantitative estimate of drug-likeness (QED) is 0.738. The van der Waals surface area contributed by atoms with Gasteiger partial charge >= 0.3 is 81.5 Å². The van der Waals surface area contributed by atoms with Gasteiger partial charge in [0.25, 0.3) is 0 Å². The first kappa shape index (κ1) is 10.5. The molecule has 1 rings (SSSR count). The number of benzene rings is 1. The van der Waals surface area contributed by atoms with Crippen molar-refractivity contribution in [2.75, 3.05) is 0 Å². The van der Waals surface area contributed by atoms with Gasteiger partial charge in [0.2, 0.25) is 0 Å². The van der Waals surface area contributed by atoms with Crippen molar-refractivity contribution in [1.82, 2.24) is 0 Å². The second kappa shape index (κ2) is 4.61. The van der Waals surface area contributed by atoms with Crippen LogP contribution >= 0.6 is 0 Å². The zero-order valence-electron chi connectivity index (χ0n) is 6.82. The van der Waals surface area contributed by atoms with Gasteiger partial charge < -0.3 is 0 Å². The monoisotopic (exact) mass is 239 g/mol. The van der Waals surface area contributed by atoms with Crippen LogP contribution in [0.4, 0.5) is 13.2 Å². The maximum absolute atomic E-state index is 12.8. The molecule has 1 aromatic rings. The third kappa shape index (κ3) is 2.69. The summed E-state index contributed by atoms with van der Waals surface area (Å²) >= 11 is -1.44. The molecule has 13 heavy (non-hydrogen) atoms. The molecule has 5 heteroatoms. The maximum atomic E-state index is 12.8. The molecule has 0 heterocycles. The van der Waals surface area contributed by atoms with Crippen LogP contribution in [0.2, 0.25) is 5.02 Å². The van der Waals surface area contributed by atoms with Crippen molar-refractivity contribution in [1.29, 1.82) is 0 Å². The molecule has 0 aliphatic heterocycles. The molecule has 67 valence electrons. The molecule has 0 fully saturated rings. The van der Waals surface area contributed by atoms with Gasteiger partial charge in [0.05, 0.1) is 0 Å². The SMILES string of the molecule is [CH2][CH2][Zn][O]c1c(F)cc(F)cc1F. The molecule has 0 N–H and O–H groups in total. The van der Waals surface area contributed by atoms with Crippen molar-refractivity contribution < 1.29 is 34.2 Å². The summed E-state index contributed by atoms with van der Waals surface area (Å²) in [6, 6.07) is 1.20. The van der Waals surface area contributed by atoms with E-state index in [0.29, 0.717) is 17.1 Å². The molecular weight excluding hydrogens is 234 g/mol. The summed E-state index contributed by atoms with van der Waals surface area (Å²) < 4.78 is 43.0. The number of hydrogen-bond donors (Lipinski definition) is 0. The van der Waals surface area contributed by atoms with Gasteiger partial charge in [-0.25, -0.2) is 0 Å². The predicted octanol–water partition coefficient (Wildman–Crippen LogP) is 2.73. The average Bonchev–Trinajstić information content (AvgIpc) is 2.02. The van der Waals surface area contributed by atoms with Gasteiger partial charge in [0, 0.05) is 0 Å². The van der Waals surface area contributed by atoms with E-state index >= 15 is 0 Å². The zero-order chi connectivity index (χ0) is 9.84. The molecule has 0 aliphatic carbocycles. The first-order valence-corrected chi connectivity index (χ1v) is 7.02. The van der Waals surface area contributed by atoms with Crippen molar-refractivity contribution in [2.24, 2.45) is 0 Å². The third-order valence-corrected chi connectivity index (χ3v) is 2.99. The molecule has 0 unspecified atom stereocenters. The van der Waals surface area contributed by atoms with Gasteiger partial charge in [-0.15, -0.1) is 0 Å². The average molecular weight is 241 g/mol. The van der Waals surface area contributed by atoms with Crippen molar-refractivity contribution in [3.63, 3.8) is 0 Å². The van der Waals surface area contributed by atoms with Crippen molar-refractivity contribution >= 4 is 0 Å². The molecule has 0 bridgehead atoms. The molecule has 0 saturated carbocycles. The first-order valence-electron chi connectivity index (χ1n) is 3.71. The summed E-state index contributed by atoms with van der Waals surface area (Å²) in [5.74, 6) is -3.39. The summed E-state index contributed by atoms with van der Waals surface area (Å²) in [5.41, 5.74) is 0. The predicted molar refractivity (Wildman–Crippen MR) is 37.1 cm³/mol. The van der Waals surface area contributed by atoms with Crippen LogP contribution < -0.4 is 3.56 Å². The van der Waals surface area contributed by atoms with Crippen LogP contribution in [0.1, 0.15) is 0 Å². The second-order valence-corrected chi connectivity index (χ2v) is 5.35. The molecule has 0 aromatic heterocycles. The standard InChI is InChI=1S/C6H3F3O.C2H4.Zn/c7-3-1-4(8)6(10)5(9)2-3;1-2;/h1-2,10H;1-2H2;/q;;+1/p-1. The molecule has 1 radical (unpaired) electrons. The van der Waals surface area contributed by atoms with Crippen molar-refractivity contribution in [3.8, 4) is 5.75 Å². The van der Waals surface area contributed by atoms with E-state index in [1.165, 1.54) is 0 Å². The normalized spacial score (nSPS) is 9.54. The molecule has 0 amide bonds. The Morgan fingerprint density at radius 1 is 1.23 bits per heavy atom. The van der Waals surface area contributed by atoms with E-state index in [1.54, 1.807) is 0 Å². The number of halogens is 3. The molecule has 1 aromatic carbocycles. The summed E-state index contributed by atoms with van der Waals surface area (Å²) in [5, 5.41) is 0.573. The Balaban J connectivity index is 2.92. The van der Waals surface area contributed by atoms with Crippen LogP contribution in [0, 0.1) is 24.4 Å². The van der Waals surface area contributed by atoms with E-state index in [-0.39, 0.29) is 0 Å². The molecule has 0 saturated heterocycles.